The molecule has 0 spiro atoms. The number of benzene rings is 5. The third kappa shape index (κ3) is 5.74. The second-order valence-corrected chi connectivity index (χ2v) is 12.2. The Bertz CT molecular complexity index is 1900. The van der Waals surface area contributed by atoms with Gasteiger partial charge in [-0.15, -0.1) is 0 Å². The van der Waals surface area contributed by atoms with Gasteiger partial charge in [-0.3, -0.25) is 14.4 Å². The first-order valence-electron chi connectivity index (χ1n) is 14.0. The van der Waals surface area contributed by atoms with Crippen LogP contribution in [0.3, 0.4) is 0 Å². The van der Waals surface area contributed by atoms with Gasteiger partial charge in [0.1, 0.15) is 17.7 Å². The summed E-state index contributed by atoms with van der Waals surface area (Å²) in [7, 11) is -2.46. The molecule has 6 rings (SSSR count). The van der Waals surface area contributed by atoms with E-state index in [-0.39, 0.29) is 10.5 Å². The van der Waals surface area contributed by atoms with Crippen LogP contribution in [-0.2, 0) is 16.6 Å². The number of rotatable bonds is 8. The number of hydrogen-bond acceptors (Lipinski definition) is 5. The lowest BCUT2D eigenvalue weighted by Gasteiger charge is -2.46. The van der Waals surface area contributed by atoms with Gasteiger partial charge < -0.3 is 9.64 Å². The number of carbonyl (C=O) groups is 1. The van der Waals surface area contributed by atoms with Gasteiger partial charge in [-0.05, 0) is 84.8 Å². The maximum Gasteiger partial charge on any atom is 0.262 e. The highest BCUT2D eigenvalue weighted by Crippen LogP contribution is 2.43. The summed E-state index contributed by atoms with van der Waals surface area (Å²) in [6.45, 7) is 2.31. The van der Waals surface area contributed by atoms with E-state index in [9.17, 15) is 17.6 Å². The van der Waals surface area contributed by atoms with E-state index >= 15 is 0 Å². The molecule has 0 unspecified atom stereocenters. The molecule has 0 aromatic heterocycles. The lowest BCUT2D eigenvalue weighted by atomic mass is 9.99. The van der Waals surface area contributed by atoms with Crippen molar-refractivity contribution in [2.24, 2.45) is 0 Å². The molecule has 1 aliphatic rings. The Hall–Kier alpha value is -5.15. The zero-order valence-electron chi connectivity index (χ0n) is 24.1. The predicted molar refractivity (Wildman–Crippen MR) is 170 cm³/mol. The van der Waals surface area contributed by atoms with E-state index in [1.807, 2.05) is 54.3 Å². The summed E-state index contributed by atoms with van der Waals surface area (Å²) in [5.41, 5.74) is 4.44. The van der Waals surface area contributed by atoms with Gasteiger partial charge in [-0.2, -0.15) is 0 Å². The van der Waals surface area contributed by atoms with Crippen LogP contribution in [0, 0.1) is 12.7 Å². The second kappa shape index (κ2) is 11.9. The summed E-state index contributed by atoms with van der Waals surface area (Å²) < 4.78 is 49.0. The molecule has 0 saturated carbocycles. The molecule has 1 heterocycles. The fourth-order valence-corrected chi connectivity index (χ4v) is 6.45. The number of nitrogens with zero attached hydrogens (tertiary/aromatic N) is 2. The zero-order chi connectivity index (χ0) is 30.8. The van der Waals surface area contributed by atoms with Gasteiger partial charge in [0.2, 0.25) is 0 Å². The molecule has 5 aromatic carbocycles. The molecule has 9 heteroatoms. The maximum atomic E-state index is 14.5. The lowest BCUT2D eigenvalue weighted by molar-refractivity contribution is 0.0968. The molecule has 44 heavy (non-hydrogen) atoms. The largest absolute Gasteiger partial charge is 0.497 e. The first kappa shape index (κ1) is 28.9. The van der Waals surface area contributed by atoms with Crippen molar-refractivity contribution in [3.63, 3.8) is 0 Å². The number of halogens is 1. The molecule has 0 bridgehead atoms. The minimum atomic E-state index is -4.02. The van der Waals surface area contributed by atoms with E-state index in [1.165, 1.54) is 24.3 Å². The van der Waals surface area contributed by atoms with E-state index in [4.69, 9.17) is 4.74 Å². The van der Waals surface area contributed by atoms with Crippen molar-refractivity contribution in [1.29, 1.82) is 0 Å². The van der Waals surface area contributed by atoms with Gasteiger partial charge in [0.05, 0.1) is 23.3 Å². The molecular formula is C35H30FN3O4S. The standard InChI is InChI=1S/C35H30FN3O4S/c1-24-8-14-28(15-9-24)37-44(41,42)31-20-21-33-32(22-31)35(40)39(29-16-18-30(43-2)19-17-29)34(26-10-12-27(36)13-11-26)38(33)23-25-6-4-3-5-7-25/h3-22,34,37H,23H2,1-2H3/t34-/m1/s1. The number of hydrogen-bond donors (Lipinski definition) is 1. The monoisotopic (exact) mass is 607 g/mol. The lowest BCUT2D eigenvalue weighted by Crippen LogP contribution is -2.49. The van der Waals surface area contributed by atoms with Gasteiger partial charge in [0.25, 0.3) is 15.9 Å². The Morgan fingerprint density at radius 1 is 0.841 bits per heavy atom. The maximum absolute atomic E-state index is 14.5. The molecule has 0 saturated heterocycles. The van der Waals surface area contributed by atoms with Gasteiger partial charge in [0, 0.05) is 17.9 Å². The molecule has 1 N–H and O–H groups in total. The smallest absolute Gasteiger partial charge is 0.262 e. The molecule has 0 aliphatic carbocycles. The third-order valence-corrected chi connectivity index (χ3v) is 8.97. The van der Waals surface area contributed by atoms with Crippen molar-refractivity contribution < 1.29 is 22.3 Å². The molecule has 7 nitrogen and oxygen atoms in total. The van der Waals surface area contributed by atoms with Crippen LogP contribution in [0.15, 0.2) is 126 Å². The van der Waals surface area contributed by atoms with Crippen molar-refractivity contribution in [3.8, 4) is 5.75 Å². The number of anilines is 3. The highest BCUT2D eigenvalue weighted by Gasteiger charge is 2.40. The Balaban J connectivity index is 1.51. The fourth-order valence-electron chi connectivity index (χ4n) is 5.37. The normalized spacial score (nSPS) is 14.7. The van der Waals surface area contributed by atoms with Gasteiger partial charge in [0.15, 0.2) is 0 Å². The number of methoxy groups -OCH3 is 1. The van der Waals surface area contributed by atoms with Gasteiger partial charge in [-0.25, -0.2) is 12.8 Å². The van der Waals surface area contributed by atoms with E-state index in [0.29, 0.717) is 34.9 Å². The van der Waals surface area contributed by atoms with Crippen LogP contribution in [0.25, 0.3) is 0 Å². The van der Waals surface area contributed by atoms with Crippen LogP contribution in [0.2, 0.25) is 0 Å². The molecule has 1 amide bonds. The Morgan fingerprint density at radius 3 is 2.18 bits per heavy atom. The Kier molecular flexibility index (Phi) is 7.80. The summed E-state index contributed by atoms with van der Waals surface area (Å²) in [6.07, 6.45) is -0.669. The molecule has 0 fully saturated rings. The van der Waals surface area contributed by atoms with Crippen molar-refractivity contribution in [1.82, 2.24) is 0 Å². The Labute approximate surface area is 256 Å². The van der Waals surface area contributed by atoms with Gasteiger partial charge in [-0.1, -0.05) is 60.2 Å². The van der Waals surface area contributed by atoms with Crippen LogP contribution in [-0.4, -0.2) is 21.4 Å². The van der Waals surface area contributed by atoms with Crippen molar-refractivity contribution in [2.75, 3.05) is 21.6 Å². The summed E-state index contributed by atoms with van der Waals surface area (Å²) >= 11 is 0. The van der Waals surface area contributed by atoms with E-state index in [1.54, 1.807) is 66.6 Å². The number of nitrogens with one attached hydrogen (secondary N) is 1. The number of fused-ring (bicyclic) bond motifs is 1. The van der Waals surface area contributed by atoms with E-state index in [0.717, 1.165) is 11.1 Å². The second-order valence-electron chi connectivity index (χ2n) is 10.6. The highest BCUT2D eigenvalue weighted by molar-refractivity contribution is 7.92. The van der Waals surface area contributed by atoms with Gasteiger partial charge >= 0.3 is 0 Å². The summed E-state index contributed by atoms with van der Waals surface area (Å²) in [5.74, 6) is -0.164. The summed E-state index contributed by atoms with van der Waals surface area (Å²) in [6, 6.07) is 34.5. The van der Waals surface area contributed by atoms with Crippen LogP contribution in [0.4, 0.5) is 21.5 Å². The number of sulfonamides is 1. The molecule has 1 atom stereocenters. The minimum Gasteiger partial charge on any atom is -0.497 e. The molecule has 222 valence electrons. The zero-order valence-corrected chi connectivity index (χ0v) is 25.0. The van der Waals surface area contributed by atoms with Crippen LogP contribution in [0.5, 0.6) is 5.75 Å². The van der Waals surface area contributed by atoms with Crippen LogP contribution >= 0.6 is 0 Å². The summed E-state index contributed by atoms with van der Waals surface area (Å²) in [4.78, 5) is 18.1. The predicted octanol–water partition coefficient (Wildman–Crippen LogP) is 7.31. The topological polar surface area (TPSA) is 78.9 Å². The molecule has 0 radical (unpaired) electrons. The first-order valence-corrected chi connectivity index (χ1v) is 15.5. The number of aryl methyl sites for hydroxylation is 1. The number of ether oxygens (including phenoxy) is 1. The average molecular weight is 608 g/mol. The van der Waals surface area contributed by atoms with Crippen molar-refractivity contribution in [2.45, 2.75) is 24.5 Å². The first-order chi connectivity index (χ1) is 21.2. The number of carbonyl (C=O) groups excluding carboxylic acids is 1. The highest BCUT2D eigenvalue weighted by atomic mass is 32.2. The quantitative estimate of drug-likeness (QED) is 0.200. The minimum absolute atomic E-state index is 0.0419. The molecule has 5 aromatic rings. The third-order valence-electron chi connectivity index (χ3n) is 7.60. The van der Waals surface area contributed by atoms with Crippen LogP contribution in [0.1, 0.15) is 33.2 Å². The number of amides is 1. The van der Waals surface area contributed by atoms with Crippen molar-refractivity contribution in [3.05, 3.63) is 149 Å². The molecule has 1 aliphatic heterocycles. The van der Waals surface area contributed by atoms with E-state index in [2.05, 4.69) is 4.72 Å². The Morgan fingerprint density at radius 2 is 1.52 bits per heavy atom. The molecular weight excluding hydrogens is 577 g/mol. The van der Waals surface area contributed by atoms with Crippen LogP contribution < -0.4 is 19.3 Å². The van der Waals surface area contributed by atoms with Crippen molar-refractivity contribution >= 4 is 33.0 Å². The van der Waals surface area contributed by atoms with E-state index < -0.39 is 27.9 Å². The SMILES string of the molecule is COc1ccc(N2C(=O)c3cc(S(=O)(=O)Nc4ccc(C)cc4)ccc3N(Cc3ccccc3)[C@H]2c2ccc(F)cc2)cc1. The summed E-state index contributed by atoms with van der Waals surface area (Å²) in [5, 5.41) is 0. The fraction of sp³-hybridized carbons (Fsp3) is 0.114. The average Bonchev–Trinajstić information content (AvgIpc) is 3.04.